The quantitative estimate of drug-likeness (QED) is 0.728. The summed E-state index contributed by atoms with van der Waals surface area (Å²) >= 11 is 1.84. The van der Waals surface area contributed by atoms with Crippen molar-refractivity contribution in [3.05, 3.63) is 0 Å². The van der Waals surface area contributed by atoms with Gasteiger partial charge < -0.3 is 5.32 Å². The monoisotopic (exact) mass is 286 g/mol. The molecule has 1 saturated heterocycles. The Hall–Kier alpha value is -0.550. The molecule has 19 heavy (non-hydrogen) atoms. The maximum Gasteiger partial charge on any atom is 0.247 e. The van der Waals surface area contributed by atoms with Gasteiger partial charge in [-0.15, -0.1) is 0 Å². The fraction of sp³-hybridized carbons (Fsp3) is 0.857. The Morgan fingerprint density at radius 1 is 1.37 bits per heavy atom. The number of carbonyl (C=O) groups is 2. The van der Waals surface area contributed by atoms with Crippen LogP contribution in [0.15, 0.2) is 0 Å². The molecule has 1 rings (SSSR count). The zero-order valence-electron chi connectivity index (χ0n) is 12.7. The Kier molecular flexibility index (Phi) is 5.86. The number of likely N-dealkylation sites (tertiary alicyclic amines) is 1. The number of hydrogen-bond donors (Lipinski definition) is 1. The van der Waals surface area contributed by atoms with Crippen molar-refractivity contribution in [2.24, 2.45) is 0 Å². The Morgan fingerprint density at radius 2 is 1.95 bits per heavy atom. The van der Waals surface area contributed by atoms with E-state index in [1.165, 1.54) is 4.90 Å². The SMILES string of the molecule is CCC(CC)(CNC1CC(=O)N(C(C)C)C1=O)SC. The summed E-state index contributed by atoms with van der Waals surface area (Å²) in [6.45, 7) is 8.87. The first kappa shape index (κ1) is 16.5. The first-order valence-electron chi connectivity index (χ1n) is 7.05. The van der Waals surface area contributed by atoms with Crippen LogP contribution >= 0.6 is 11.8 Å². The number of nitrogens with zero attached hydrogens (tertiary/aromatic N) is 1. The number of carbonyl (C=O) groups excluding carboxylic acids is 2. The van der Waals surface area contributed by atoms with E-state index >= 15 is 0 Å². The first-order chi connectivity index (χ1) is 8.90. The molecule has 1 aliphatic rings. The highest BCUT2D eigenvalue weighted by Crippen LogP contribution is 2.30. The number of rotatable bonds is 7. The van der Waals surface area contributed by atoms with Crippen LogP contribution in [-0.2, 0) is 9.59 Å². The molecule has 1 N–H and O–H groups in total. The van der Waals surface area contributed by atoms with Gasteiger partial charge in [-0.25, -0.2) is 0 Å². The zero-order valence-corrected chi connectivity index (χ0v) is 13.5. The molecule has 0 spiro atoms. The molecule has 1 heterocycles. The van der Waals surface area contributed by atoms with Gasteiger partial charge in [-0.3, -0.25) is 14.5 Å². The molecule has 0 aliphatic carbocycles. The Labute approximate surface area is 120 Å². The van der Waals surface area contributed by atoms with Crippen LogP contribution in [0, 0.1) is 0 Å². The topological polar surface area (TPSA) is 49.4 Å². The van der Waals surface area contributed by atoms with Crippen molar-refractivity contribution in [1.82, 2.24) is 10.2 Å². The standard InChI is InChI=1S/C14H26N2O2S/c1-6-14(7-2,19-5)9-15-11-8-12(17)16(10(3)4)13(11)18/h10-11,15H,6-9H2,1-5H3. The molecule has 0 radical (unpaired) electrons. The second-order valence-electron chi connectivity index (χ2n) is 5.43. The fourth-order valence-electron chi connectivity index (χ4n) is 2.52. The third-order valence-corrected chi connectivity index (χ3v) is 5.68. The van der Waals surface area contributed by atoms with Crippen LogP contribution in [0.5, 0.6) is 0 Å². The van der Waals surface area contributed by atoms with Crippen molar-refractivity contribution < 1.29 is 9.59 Å². The predicted octanol–water partition coefficient (Wildman–Crippen LogP) is 2.03. The van der Waals surface area contributed by atoms with Crippen molar-refractivity contribution in [1.29, 1.82) is 0 Å². The Balaban J connectivity index is 2.65. The Morgan fingerprint density at radius 3 is 2.32 bits per heavy atom. The highest BCUT2D eigenvalue weighted by Gasteiger charge is 2.40. The van der Waals surface area contributed by atoms with Crippen LogP contribution in [0.25, 0.3) is 0 Å². The van der Waals surface area contributed by atoms with E-state index in [0.29, 0.717) is 6.42 Å². The lowest BCUT2D eigenvalue weighted by Crippen LogP contribution is -2.46. The van der Waals surface area contributed by atoms with E-state index in [-0.39, 0.29) is 28.6 Å². The molecule has 0 aromatic heterocycles. The van der Waals surface area contributed by atoms with E-state index < -0.39 is 0 Å². The number of hydrogen-bond acceptors (Lipinski definition) is 4. The van der Waals surface area contributed by atoms with Crippen molar-refractivity contribution >= 4 is 23.6 Å². The minimum Gasteiger partial charge on any atom is -0.304 e. The molecule has 0 saturated carbocycles. The van der Waals surface area contributed by atoms with Crippen molar-refractivity contribution in [2.45, 2.75) is 63.8 Å². The molecule has 0 aromatic carbocycles. The van der Waals surface area contributed by atoms with Gasteiger partial charge in [0.05, 0.1) is 12.5 Å². The van der Waals surface area contributed by atoms with E-state index in [1.807, 2.05) is 25.6 Å². The molecule has 1 fully saturated rings. The van der Waals surface area contributed by atoms with E-state index in [9.17, 15) is 9.59 Å². The summed E-state index contributed by atoms with van der Waals surface area (Å²) < 4.78 is 0.161. The number of amides is 2. The van der Waals surface area contributed by atoms with Crippen molar-refractivity contribution in [2.75, 3.05) is 12.8 Å². The van der Waals surface area contributed by atoms with Gasteiger partial charge in [-0.05, 0) is 32.9 Å². The summed E-state index contributed by atoms with van der Waals surface area (Å²) in [5, 5.41) is 3.31. The van der Waals surface area contributed by atoms with Crippen molar-refractivity contribution in [3.8, 4) is 0 Å². The summed E-state index contributed by atoms with van der Waals surface area (Å²) in [5.41, 5.74) is 0. The lowest BCUT2D eigenvalue weighted by molar-refractivity contribution is -0.140. The van der Waals surface area contributed by atoms with E-state index in [2.05, 4.69) is 25.4 Å². The summed E-state index contributed by atoms with van der Waals surface area (Å²) in [6.07, 6.45) is 4.52. The van der Waals surface area contributed by atoms with Crippen LogP contribution in [0.4, 0.5) is 0 Å². The maximum atomic E-state index is 12.2. The van der Waals surface area contributed by atoms with Crippen LogP contribution in [0.1, 0.15) is 47.0 Å². The Bertz CT molecular complexity index is 332. The smallest absolute Gasteiger partial charge is 0.247 e. The van der Waals surface area contributed by atoms with Crippen molar-refractivity contribution in [3.63, 3.8) is 0 Å². The molecular formula is C14H26N2O2S. The summed E-state index contributed by atoms with van der Waals surface area (Å²) in [5.74, 6) is -0.123. The van der Waals surface area contributed by atoms with Gasteiger partial charge in [0.15, 0.2) is 0 Å². The lowest BCUT2D eigenvalue weighted by Gasteiger charge is -2.31. The zero-order chi connectivity index (χ0) is 14.6. The van der Waals surface area contributed by atoms with E-state index in [4.69, 9.17) is 0 Å². The largest absolute Gasteiger partial charge is 0.304 e. The van der Waals surface area contributed by atoms with Gasteiger partial charge in [0, 0.05) is 17.3 Å². The number of imide groups is 1. The van der Waals surface area contributed by atoms with Gasteiger partial charge in [0.1, 0.15) is 0 Å². The normalized spacial score (nSPS) is 20.7. The molecule has 0 aromatic rings. The molecule has 1 aliphatic heterocycles. The molecule has 110 valence electrons. The van der Waals surface area contributed by atoms with E-state index in [1.54, 1.807) is 0 Å². The second kappa shape index (κ2) is 6.75. The van der Waals surface area contributed by atoms with Crippen LogP contribution < -0.4 is 5.32 Å². The van der Waals surface area contributed by atoms with Gasteiger partial charge in [0.25, 0.3) is 0 Å². The fourth-order valence-corrected chi connectivity index (χ4v) is 3.33. The number of nitrogens with one attached hydrogen (secondary N) is 1. The minimum absolute atomic E-state index is 0.0468. The highest BCUT2D eigenvalue weighted by atomic mass is 32.2. The van der Waals surface area contributed by atoms with Gasteiger partial charge in [0.2, 0.25) is 11.8 Å². The maximum absolute atomic E-state index is 12.2. The third-order valence-electron chi connectivity index (χ3n) is 4.09. The highest BCUT2D eigenvalue weighted by molar-refractivity contribution is 8.00. The average Bonchev–Trinajstić information content (AvgIpc) is 2.67. The summed E-state index contributed by atoms with van der Waals surface area (Å²) in [7, 11) is 0. The van der Waals surface area contributed by atoms with Crippen LogP contribution in [0.3, 0.4) is 0 Å². The molecule has 0 bridgehead atoms. The second-order valence-corrected chi connectivity index (χ2v) is 6.70. The van der Waals surface area contributed by atoms with Gasteiger partial charge >= 0.3 is 0 Å². The van der Waals surface area contributed by atoms with Gasteiger partial charge in [-0.1, -0.05) is 13.8 Å². The van der Waals surface area contributed by atoms with Gasteiger partial charge in [-0.2, -0.15) is 11.8 Å². The third kappa shape index (κ3) is 3.51. The summed E-state index contributed by atoms with van der Waals surface area (Å²) in [6, 6.07) is -0.381. The molecule has 4 nitrogen and oxygen atoms in total. The molecular weight excluding hydrogens is 260 g/mol. The average molecular weight is 286 g/mol. The minimum atomic E-state index is -0.334. The first-order valence-corrected chi connectivity index (χ1v) is 8.27. The van der Waals surface area contributed by atoms with Crippen LogP contribution in [0.2, 0.25) is 0 Å². The van der Waals surface area contributed by atoms with E-state index in [0.717, 1.165) is 19.4 Å². The summed E-state index contributed by atoms with van der Waals surface area (Å²) in [4.78, 5) is 25.4. The molecule has 1 atom stereocenters. The molecule has 1 unspecified atom stereocenters. The molecule has 5 heteroatoms. The number of thioether (sulfide) groups is 1. The lowest BCUT2D eigenvalue weighted by atomic mass is 10.0. The van der Waals surface area contributed by atoms with Crippen LogP contribution in [-0.4, -0.2) is 46.3 Å². The predicted molar refractivity (Wildman–Crippen MR) is 80.2 cm³/mol. The molecule has 2 amide bonds.